The van der Waals surface area contributed by atoms with Gasteiger partial charge in [0.05, 0.1) is 24.7 Å². The van der Waals surface area contributed by atoms with Crippen LogP contribution in [0.15, 0.2) is 52.4 Å². The monoisotopic (exact) mass is 419 g/mol. The molecule has 0 aliphatic carbocycles. The summed E-state index contributed by atoms with van der Waals surface area (Å²) < 4.78 is 28.6. The molecule has 2 rings (SSSR count). The fraction of sp³-hybridized carbons (Fsp3) is 0.381. The number of guanidine groups is 1. The molecule has 0 saturated carbocycles. The standard InChI is InChI=1S/C21H29N3O4S/c1-5-22-21(24-14-19(25)17-7-9-18(28-3)10-8-17)23-13-16-6-11-20(15(2)12-16)29(4,26)27/h6-12,19,25H,5,13-14H2,1-4H3,(H2,22,23,24). The van der Waals surface area contributed by atoms with Crippen LogP contribution in [0.1, 0.15) is 29.7 Å². The number of sulfone groups is 1. The Morgan fingerprint density at radius 2 is 1.86 bits per heavy atom. The summed E-state index contributed by atoms with van der Waals surface area (Å²) in [4.78, 5) is 4.85. The highest BCUT2D eigenvalue weighted by molar-refractivity contribution is 7.90. The van der Waals surface area contributed by atoms with E-state index >= 15 is 0 Å². The Bertz CT molecular complexity index is 941. The van der Waals surface area contributed by atoms with Crippen molar-refractivity contribution in [3.05, 3.63) is 59.2 Å². The molecule has 2 aromatic rings. The molecule has 0 aromatic heterocycles. The van der Waals surface area contributed by atoms with E-state index in [0.29, 0.717) is 36.1 Å². The van der Waals surface area contributed by atoms with E-state index in [9.17, 15) is 13.5 Å². The fourth-order valence-electron chi connectivity index (χ4n) is 2.88. The number of aliphatic imine (C=N–C) groups is 1. The van der Waals surface area contributed by atoms with Crippen LogP contribution in [0, 0.1) is 6.92 Å². The molecule has 0 amide bonds. The molecule has 158 valence electrons. The summed E-state index contributed by atoms with van der Waals surface area (Å²) in [6.45, 7) is 5.10. The van der Waals surface area contributed by atoms with E-state index in [-0.39, 0.29) is 0 Å². The number of aliphatic hydroxyl groups is 1. The molecule has 3 N–H and O–H groups in total. The van der Waals surface area contributed by atoms with E-state index in [0.717, 1.165) is 16.9 Å². The first kappa shape index (κ1) is 22.7. The number of hydrogen-bond donors (Lipinski definition) is 3. The number of methoxy groups -OCH3 is 1. The highest BCUT2D eigenvalue weighted by Crippen LogP contribution is 2.18. The van der Waals surface area contributed by atoms with Crippen molar-refractivity contribution in [1.29, 1.82) is 0 Å². The zero-order chi connectivity index (χ0) is 21.4. The summed E-state index contributed by atoms with van der Waals surface area (Å²) in [5.74, 6) is 1.31. The Hall–Kier alpha value is -2.58. The topological polar surface area (TPSA) is 100 Å². The van der Waals surface area contributed by atoms with Gasteiger partial charge in [0.2, 0.25) is 0 Å². The summed E-state index contributed by atoms with van der Waals surface area (Å²) in [5.41, 5.74) is 2.39. The predicted molar refractivity (Wildman–Crippen MR) is 115 cm³/mol. The SMILES string of the molecule is CCNC(=NCc1ccc(S(C)(=O)=O)c(C)c1)NCC(O)c1ccc(OC)cc1. The third kappa shape index (κ3) is 6.76. The molecule has 1 unspecified atom stereocenters. The number of benzene rings is 2. The van der Waals surface area contributed by atoms with Gasteiger partial charge in [-0.05, 0) is 48.7 Å². The Kier molecular flexibility index (Phi) is 8.04. The van der Waals surface area contributed by atoms with Crippen molar-refractivity contribution in [2.45, 2.75) is 31.4 Å². The second-order valence-corrected chi connectivity index (χ2v) is 8.72. The van der Waals surface area contributed by atoms with Gasteiger partial charge in [0.25, 0.3) is 0 Å². The van der Waals surface area contributed by atoms with Crippen molar-refractivity contribution < 1.29 is 18.3 Å². The largest absolute Gasteiger partial charge is 0.497 e. The van der Waals surface area contributed by atoms with Gasteiger partial charge >= 0.3 is 0 Å². The first-order valence-electron chi connectivity index (χ1n) is 9.38. The Morgan fingerprint density at radius 3 is 2.41 bits per heavy atom. The van der Waals surface area contributed by atoms with Crippen LogP contribution in [-0.4, -0.2) is 45.9 Å². The van der Waals surface area contributed by atoms with Crippen LogP contribution in [0.4, 0.5) is 0 Å². The van der Waals surface area contributed by atoms with Crippen molar-refractivity contribution in [3.8, 4) is 5.75 Å². The van der Waals surface area contributed by atoms with E-state index in [1.165, 1.54) is 6.26 Å². The van der Waals surface area contributed by atoms with Crippen molar-refractivity contribution in [3.63, 3.8) is 0 Å². The first-order valence-corrected chi connectivity index (χ1v) is 11.3. The highest BCUT2D eigenvalue weighted by atomic mass is 32.2. The molecule has 0 heterocycles. The van der Waals surface area contributed by atoms with Crippen LogP contribution in [-0.2, 0) is 16.4 Å². The normalized spacial score (nSPS) is 13.1. The quantitative estimate of drug-likeness (QED) is 0.448. The minimum atomic E-state index is -3.24. The zero-order valence-corrected chi connectivity index (χ0v) is 18.1. The molecule has 0 radical (unpaired) electrons. The van der Waals surface area contributed by atoms with Gasteiger partial charge < -0.3 is 20.5 Å². The summed E-state index contributed by atoms with van der Waals surface area (Å²) in [6, 6.07) is 12.5. The van der Waals surface area contributed by atoms with Gasteiger partial charge in [-0.2, -0.15) is 0 Å². The summed E-state index contributed by atoms with van der Waals surface area (Å²) in [7, 11) is -1.64. The minimum absolute atomic E-state index is 0.296. The number of hydrogen-bond acceptors (Lipinski definition) is 5. The first-order chi connectivity index (χ1) is 13.7. The number of aryl methyl sites for hydroxylation is 1. The van der Waals surface area contributed by atoms with Gasteiger partial charge in [-0.1, -0.05) is 24.3 Å². The van der Waals surface area contributed by atoms with E-state index in [1.807, 2.05) is 25.1 Å². The number of nitrogens with one attached hydrogen (secondary N) is 2. The van der Waals surface area contributed by atoms with Gasteiger partial charge in [-0.3, -0.25) is 0 Å². The third-order valence-electron chi connectivity index (χ3n) is 4.37. The lowest BCUT2D eigenvalue weighted by Crippen LogP contribution is -2.39. The van der Waals surface area contributed by atoms with E-state index in [4.69, 9.17) is 4.74 Å². The average Bonchev–Trinajstić information content (AvgIpc) is 2.69. The van der Waals surface area contributed by atoms with Crippen LogP contribution in [0.3, 0.4) is 0 Å². The average molecular weight is 420 g/mol. The fourth-order valence-corrected chi connectivity index (χ4v) is 3.83. The molecule has 1 atom stereocenters. The minimum Gasteiger partial charge on any atom is -0.497 e. The van der Waals surface area contributed by atoms with Crippen molar-refractivity contribution >= 4 is 15.8 Å². The Balaban J connectivity index is 2.02. The maximum absolute atomic E-state index is 11.7. The molecule has 0 bridgehead atoms. The number of aliphatic hydroxyl groups excluding tert-OH is 1. The van der Waals surface area contributed by atoms with E-state index in [2.05, 4.69) is 15.6 Å². The number of nitrogens with zero attached hydrogens (tertiary/aromatic N) is 1. The molecule has 0 fully saturated rings. The molecule has 7 nitrogen and oxygen atoms in total. The molecule has 0 aliphatic heterocycles. The van der Waals surface area contributed by atoms with Crippen LogP contribution in [0.2, 0.25) is 0 Å². The van der Waals surface area contributed by atoms with Crippen LogP contribution in [0.5, 0.6) is 5.75 Å². The lowest BCUT2D eigenvalue weighted by atomic mass is 10.1. The third-order valence-corrected chi connectivity index (χ3v) is 5.62. The summed E-state index contributed by atoms with van der Waals surface area (Å²) in [5, 5.41) is 16.7. The maximum atomic E-state index is 11.7. The van der Waals surface area contributed by atoms with Gasteiger partial charge in [-0.25, -0.2) is 13.4 Å². The molecule has 0 saturated heterocycles. The van der Waals surface area contributed by atoms with Crippen molar-refractivity contribution in [1.82, 2.24) is 10.6 Å². The maximum Gasteiger partial charge on any atom is 0.191 e. The van der Waals surface area contributed by atoms with Gasteiger partial charge in [-0.15, -0.1) is 0 Å². The van der Waals surface area contributed by atoms with Gasteiger partial charge in [0, 0.05) is 19.3 Å². The van der Waals surface area contributed by atoms with Gasteiger partial charge in [0.15, 0.2) is 15.8 Å². The predicted octanol–water partition coefficient (Wildman–Crippen LogP) is 2.20. The van der Waals surface area contributed by atoms with Gasteiger partial charge in [0.1, 0.15) is 5.75 Å². The van der Waals surface area contributed by atoms with E-state index in [1.54, 1.807) is 38.3 Å². The molecule has 2 aromatic carbocycles. The second kappa shape index (κ2) is 10.3. The molecular formula is C21H29N3O4S. The summed E-state index contributed by atoms with van der Waals surface area (Å²) >= 11 is 0. The summed E-state index contributed by atoms with van der Waals surface area (Å²) in [6.07, 6.45) is 0.509. The lowest BCUT2D eigenvalue weighted by molar-refractivity contribution is 0.180. The lowest BCUT2D eigenvalue weighted by Gasteiger charge is -2.16. The number of rotatable bonds is 8. The van der Waals surface area contributed by atoms with Crippen LogP contribution >= 0.6 is 0 Å². The Morgan fingerprint density at radius 1 is 1.17 bits per heavy atom. The molecular weight excluding hydrogens is 390 g/mol. The van der Waals surface area contributed by atoms with Crippen LogP contribution in [0.25, 0.3) is 0 Å². The van der Waals surface area contributed by atoms with Crippen LogP contribution < -0.4 is 15.4 Å². The molecule has 0 aliphatic rings. The van der Waals surface area contributed by atoms with Crippen molar-refractivity contribution in [2.75, 3.05) is 26.5 Å². The van der Waals surface area contributed by atoms with E-state index < -0.39 is 15.9 Å². The highest BCUT2D eigenvalue weighted by Gasteiger charge is 2.11. The smallest absolute Gasteiger partial charge is 0.191 e. The Labute approximate surface area is 172 Å². The molecule has 8 heteroatoms. The zero-order valence-electron chi connectivity index (χ0n) is 17.3. The number of ether oxygens (including phenoxy) is 1. The second-order valence-electron chi connectivity index (χ2n) is 6.74. The molecule has 0 spiro atoms. The van der Waals surface area contributed by atoms with Crippen molar-refractivity contribution in [2.24, 2.45) is 4.99 Å². The molecule has 29 heavy (non-hydrogen) atoms.